The number of rotatable bonds is 5. The number of aromatic nitrogens is 2. The Bertz CT molecular complexity index is 859. The van der Waals surface area contributed by atoms with Gasteiger partial charge in [-0.15, -0.1) is 0 Å². The van der Waals surface area contributed by atoms with Gasteiger partial charge in [0, 0.05) is 50.9 Å². The molecule has 0 aromatic carbocycles. The Hall–Kier alpha value is -1.94. The van der Waals surface area contributed by atoms with Gasteiger partial charge >= 0.3 is 6.18 Å². The smallest absolute Gasteiger partial charge is 0.381 e. The molecule has 7 nitrogen and oxygen atoms in total. The number of hydrogen-bond donors (Lipinski definition) is 1. The van der Waals surface area contributed by atoms with Gasteiger partial charge in [0.05, 0.1) is 12.0 Å². The fraction of sp³-hybridized carbons (Fsp3) is 0.792. The van der Waals surface area contributed by atoms with E-state index < -0.39 is 17.3 Å². The van der Waals surface area contributed by atoms with Crippen LogP contribution in [0.3, 0.4) is 0 Å². The van der Waals surface area contributed by atoms with Gasteiger partial charge in [-0.05, 0) is 37.5 Å². The fourth-order valence-electron chi connectivity index (χ4n) is 5.74. The average molecular weight is 484 g/mol. The minimum Gasteiger partial charge on any atom is -0.381 e. The third-order valence-electron chi connectivity index (χ3n) is 8.01. The Morgan fingerprint density at radius 2 is 1.94 bits per heavy atom. The van der Waals surface area contributed by atoms with Crippen molar-refractivity contribution in [3.05, 3.63) is 18.1 Å². The van der Waals surface area contributed by atoms with Crippen LogP contribution in [-0.4, -0.2) is 72.3 Å². The van der Waals surface area contributed by atoms with Gasteiger partial charge in [-0.2, -0.15) is 13.2 Å². The molecule has 1 N–H and O–H groups in total. The van der Waals surface area contributed by atoms with Gasteiger partial charge in [0.1, 0.15) is 17.8 Å². The predicted octanol–water partition coefficient (Wildman–Crippen LogP) is 3.35. The van der Waals surface area contributed by atoms with Crippen molar-refractivity contribution in [2.45, 2.75) is 64.7 Å². The van der Waals surface area contributed by atoms with E-state index in [9.17, 15) is 18.0 Å². The third kappa shape index (κ3) is 5.17. The molecule has 1 amide bonds. The molecule has 1 saturated carbocycles. The van der Waals surface area contributed by atoms with E-state index in [0.717, 1.165) is 51.3 Å². The molecule has 3 heterocycles. The number of halogens is 3. The number of alkyl halides is 3. The molecule has 3 aliphatic rings. The number of nitrogens with one attached hydrogen (secondary N) is 1. The van der Waals surface area contributed by atoms with Gasteiger partial charge in [0.15, 0.2) is 0 Å². The molecule has 34 heavy (non-hydrogen) atoms. The highest BCUT2D eigenvalue weighted by molar-refractivity contribution is 5.83. The molecule has 190 valence electrons. The molecule has 0 spiro atoms. The summed E-state index contributed by atoms with van der Waals surface area (Å²) in [5, 5.41) is 3.82. The van der Waals surface area contributed by atoms with E-state index in [1.165, 1.54) is 0 Å². The van der Waals surface area contributed by atoms with Crippen LogP contribution in [0.1, 0.15) is 52.1 Å². The first-order valence-corrected chi connectivity index (χ1v) is 12.4. The number of nitrogens with zero attached hydrogens (tertiary/aromatic N) is 4. The fourth-order valence-corrected chi connectivity index (χ4v) is 5.74. The van der Waals surface area contributed by atoms with Gasteiger partial charge < -0.3 is 19.9 Å². The van der Waals surface area contributed by atoms with E-state index >= 15 is 0 Å². The SMILES string of the molecule is CC1COCCC1N[C@@H]1CC[C@@](C(=O)N2CCN(c3cc(C(F)(F)F)ncn3)CC2)(C(C)C)C1. The summed E-state index contributed by atoms with van der Waals surface area (Å²) >= 11 is 0. The number of piperazine rings is 1. The Morgan fingerprint density at radius 1 is 1.21 bits per heavy atom. The molecule has 3 fully saturated rings. The van der Waals surface area contributed by atoms with Crippen LogP contribution in [0.15, 0.2) is 12.4 Å². The molecule has 4 rings (SSSR count). The summed E-state index contributed by atoms with van der Waals surface area (Å²) in [6.07, 6.45) is 0.119. The van der Waals surface area contributed by atoms with Gasteiger partial charge in [0.2, 0.25) is 5.91 Å². The second-order valence-electron chi connectivity index (χ2n) is 10.4. The van der Waals surface area contributed by atoms with Crippen LogP contribution in [0.5, 0.6) is 0 Å². The first-order valence-electron chi connectivity index (χ1n) is 12.4. The molecule has 1 aromatic rings. The van der Waals surface area contributed by atoms with Crippen molar-refractivity contribution in [1.82, 2.24) is 20.2 Å². The lowest BCUT2D eigenvalue weighted by atomic mass is 9.74. The number of anilines is 1. The number of carbonyl (C=O) groups is 1. The van der Waals surface area contributed by atoms with Crippen LogP contribution in [0.4, 0.5) is 19.0 Å². The summed E-state index contributed by atoms with van der Waals surface area (Å²) in [5.74, 6) is 1.12. The quantitative estimate of drug-likeness (QED) is 0.693. The summed E-state index contributed by atoms with van der Waals surface area (Å²) in [5.41, 5.74) is -1.34. The van der Waals surface area contributed by atoms with E-state index in [4.69, 9.17) is 4.74 Å². The van der Waals surface area contributed by atoms with Gasteiger partial charge in [-0.25, -0.2) is 9.97 Å². The van der Waals surface area contributed by atoms with Gasteiger partial charge in [-0.1, -0.05) is 20.8 Å². The maximum absolute atomic E-state index is 13.8. The Kier molecular flexibility index (Phi) is 7.38. The topological polar surface area (TPSA) is 70.6 Å². The molecule has 4 atom stereocenters. The van der Waals surface area contributed by atoms with Crippen LogP contribution < -0.4 is 10.2 Å². The molecule has 2 unspecified atom stereocenters. The van der Waals surface area contributed by atoms with E-state index in [1.54, 1.807) is 4.90 Å². The Labute approximate surface area is 199 Å². The summed E-state index contributed by atoms with van der Waals surface area (Å²) in [6, 6.07) is 1.73. The lowest BCUT2D eigenvalue weighted by molar-refractivity contribution is -0.145. The average Bonchev–Trinajstić information content (AvgIpc) is 3.25. The van der Waals surface area contributed by atoms with Crippen LogP contribution in [0, 0.1) is 17.3 Å². The Morgan fingerprint density at radius 3 is 2.59 bits per heavy atom. The first-order chi connectivity index (χ1) is 16.1. The van der Waals surface area contributed by atoms with E-state index in [-0.39, 0.29) is 17.6 Å². The molecule has 0 radical (unpaired) electrons. The first kappa shape index (κ1) is 25.2. The lowest BCUT2D eigenvalue weighted by Gasteiger charge is -2.42. The van der Waals surface area contributed by atoms with Crippen molar-refractivity contribution < 1.29 is 22.7 Å². The monoisotopic (exact) mass is 483 g/mol. The highest BCUT2D eigenvalue weighted by atomic mass is 19.4. The second-order valence-corrected chi connectivity index (χ2v) is 10.4. The molecular formula is C24H36F3N5O2. The third-order valence-corrected chi connectivity index (χ3v) is 8.01. The number of carbonyl (C=O) groups excluding carboxylic acids is 1. The standard InChI is InChI=1S/C24H36F3N5O2/c1-16(2)23(6-4-18(13-23)30-19-5-11-34-14-17(19)3)22(33)32-9-7-31(8-10-32)21-12-20(24(25,26)27)28-15-29-21/h12,15-19,30H,4-11,13-14H2,1-3H3/t17?,18-,19?,23+/m1/s1. The van der Waals surface area contributed by atoms with Gasteiger partial charge in [-0.3, -0.25) is 4.79 Å². The summed E-state index contributed by atoms with van der Waals surface area (Å²) in [6.45, 7) is 9.90. The van der Waals surface area contributed by atoms with Crippen molar-refractivity contribution in [2.75, 3.05) is 44.3 Å². The normalized spacial score (nSPS) is 30.7. The number of amides is 1. The Balaban J connectivity index is 1.38. The van der Waals surface area contributed by atoms with Crippen molar-refractivity contribution in [3.8, 4) is 0 Å². The number of hydrogen-bond acceptors (Lipinski definition) is 6. The van der Waals surface area contributed by atoms with Crippen LogP contribution in [0.25, 0.3) is 0 Å². The minimum atomic E-state index is -4.51. The summed E-state index contributed by atoms with van der Waals surface area (Å²) in [7, 11) is 0. The zero-order chi connectivity index (χ0) is 24.5. The zero-order valence-electron chi connectivity index (χ0n) is 20.3. The lowest BCUT2D eigenvalue weighted by Crippen LogP contribution is -2.54. The van der Waals surface area contributed by atoms with Crippen molar-refractivity contribution in [2.24, 2.45) is 17.3 Å². The number of ether oxygens (including phenoxy) is 1. The maximum Gasteiger partial charge on any atom is 0.433 e. The van der Waals surface area contributed by atoms with E-state index in [0.29, 0.717) is 44.2 Å². The maximum atomic E-state index is 13.8. The van der Waals surface area contributed by atoms with Crippen molar-refractivity contribution in [3.63, 3.8) is 0 Å². The van der Waals surface area contributed by atoms with Crippen molar-refractivity contribution in [1.29, 1.82) is 0 Å². The summed E-state index contributed by atoms with van der Waals surface area (Å²) < 4.78 is 44.6. The zero-order valence-corrected chi connectivity index (χ0v) is 20.3. The second kappa shape index (κ2) is 9.97. The minimum absolute atomic E-state index is 0.185. The molecule has 0 bridgehead atoms. The highest BCUT2D eigenvalue weighted by Gasteiger charge is 2.50. The highest BCUT2D eigenvalue weighted by Crippen LogP contribution is 2.46. The van der Waals surface area contributed by atoms with Crippen molar-refractivity contribution >= 4 is 11.7 Å². The molecule has 2 aliphatic heterocycles. The van der Waals surface area contributed by atoms with E-state index in [2.05, 4.69) is 36.1 Å². The molecule has 1 aromatic heterocycles. The van der Waals surface area contributed by atoms with Crippen LogP contribution in [-0.2, 0) is 15.7 Å². The predicted molar refractivity (Wildman–Crippen MR) is 122 cm³/mol. The molecule has 1 aliphatic carbocycles. The van der Waals surface area contributed by atoms with E-state index in [1.807, 2.05) is 4.90 Å². The largest absolute Gasteiger partial charge is 0.433 e. The molecular weight excluding hydrogens is 447 g/mol. The summed E-state index contributed by atoms with van der Waals surface area (Å²) in [4.78, 5) is 24.9. The van der Waals surface area contributed by atoms with Crippen LogP contribution in [0.2, 0.25) is 0 Å². The van der Waals surface area contributed by atoms with Crippen LogP contribution >= 0.6 is 0 Å². The molecule has 2 saturated heterocycles. The molecule has 10 heteroatoms. The van der Waals surface area contributed by atoms with Gasteiger partial charge in [0.25, 0.3) is 0 Å².